The van der Waals surface area contributed by atoms with Crippen molar-refractivity contribution < 1.29 is 9.47 Å². The van der Waals surface area contributed by atoms with Gasteiger partial charge in [-0.05, 0) is 36.8 Å². The maximum Gasteiger partial charge on any atom is 0.146 e. The SMILES string of the molecule is COc1ccc(C(N)=S)c(Oc2cc(C)ccc2Cl)c1. The van der Waals surface area contributed by atoms with Gasteiger partial charge in [0.2, 0.25) is 0 Å². The lowest BCUT2D eigenvalue weighted by Crippen LogP contribution is -2.10. The van der Waals surface area contributed by atoms with E-state index in [0.717, 1.165) is 5.56 Å². The van der Waals surface area contributed by atoms with E-state index in [2.05, 4.69) is 0 Å². The number of benzene rings is 2. The Kier molecular flexibility index (Phi) is 4.47. The van der Waals surface area contributed by atoms with Crippen LogP contribution in [0.5, 0.6) is 17.2 Å². The lowest BCUT2D eigenvalue weighted by molar-refractivity contribution is 0.409. The molecular weight excluding hydrogens is 294 g/mol. The van der Waals surface area contributed by atoms with Gasteiger partial charge in [0.05, 0.1) is 17.7 Å². The summed E-state index contributed by atoms with van der Waals surface area (Å²) in [6, 6.07) is 10.8. The Hall–Kier alpha value is -1.78. The maximum absolute atomic E-state index is 6.13. The summed E-state index contributed by atoms with van der Waals surface area (Å²) in [4.78, 5) is 0.256. The van der Waals surface area contributed by atoms with Gasteiger partial charge < -0.3 is 15.2 Å². The molecule has 2 N–H and O–H groups in total. The molecule has 2 aromatic carbocycles. The third-order valence-electron chi connectivity index (χ3n) is 2.76. The molecule has 0 fully saturated rings. The zero-order valence-corrected chi connectivity index (χ0v) is 12.7. The van der Waals surface area contributed by atoms with E-state index >= 15 is 0 Å². The Morgan fingerprint density at radius 2 is 1.90 bits per heavy atom. The maximum atomic E-state index is 6.13. The number of aryl methyl sites for hydroxylation is 1. The molecule has 104 valence electrons. The standard InChI is InChI=1S/C15H14ClNO2S/c1-9-3-6-12(16)14(7-9)19-13-8-10(18-2)4-5-11(13)15(17)20/h3-8H,1-2H3,(H2,17,20). The normalized spacial score (nSPS) is 10.2. The monoisotopic (exact) mass is 307 g/mol. The number of thiocarbonyl (C=S) groups is 1. The zero-order valence-electron chi connectivity index (χ0n) is 11.1. The molecule has 0 aliphatic rings. The van der Waals surface area contributed by atoms with Crippen molar-refractivity contribution in [1.82, 2.24) is 0 Å². The molecule has 0 aliphatic heterocycles. The van der Waals surface area contributed by atoms with Crippen LogP contribution >= 0.6 is 23.8 Å². The fourth-order valence-corrected chi connectivity index (χ4v) is 2.05. The second kappa shape index (κ2) is 6.11. The Balaban J connectivity index is 2.45. The highest BCUT2D eigenvalue weighted by molar-refractivity contribution is 7.80. The molecule has 5 heteroatoms. The summed E-state index contributed by atoms with van der Waals surface area (Å²) < 4.78 is 11.0. The largest absolute Gasteiger partial charge is 0.497 e. The highest BCUT2D eigenvalue weighted by atomic mass is 35.5. The molecule has 0 unspecified atom stereocenters. The van der Waals surface area contributed by atoms with Crippen molar-refractivity contribution in [2.75, 3.05) is 7.11 Å². The van der Waals surface area contributed by atoms with Crippen LogP contribution in [0.3, 0.4) is 0 Å². The Morgan fingerprint density at radius 1 is 1.15 bits per heavy atom. The summed E-state index contributed by atoms with van der Waals surface area (Å²) in [6.07, 6.45) is 0. The average Bonchev–Trinajstić information content (AvgIpc) is 2.42. The fourth-order valence-electron chi connectivity index (χ4n) is 1.72. The summed E-state index contributed by atoms with van der Waals surface area (Å²) in [7, 11) is 1.58. The van der Waals surface area contributed by atoms with E-state index in [1.807, 2.05) is 19.1 Å². The Bertz CT molecular complexity index is 658. The third-order valence-corrected chi connectivity index (χ3v) is 3.29. The molecule has 0 heterocycles. The topological polar surface area (TPSA) is 44.5 Å². The first-order chi connectivity index (χ1) is 9.51. The van der Waals surface area contributed by atoms with Crippen molar-refractivity contribution >= 4 is 28.8 Å². The van der Waals surface area contributed by atoms with Gasteiger partial charge in [0.1, 0.15) is 22.2 Å². The predicted octanol–water partition coefficient (Wildman–Crippen LogP) is 4.08. The molecule has 0 saturated heterocycles. The van der Waals surface area contributed by atoms with Gasteiger partial charge in [0.15, 0.2) is 0 Å². The summed E-state index contributed by atoms with van der Waals surface area (Å²) in [5.74, 6) is 1.73. The first kappa shape index (κ1) is 14.6. The summed E-state index contributed by atoms with van der Waals surface area (Å²) in [5, 5.41) is 0.521. The molecule has 0 saturated carbocycles. The molecule has 0 radical (unpaired) electrons. The van der Waals surface area contributed by atoms with Gasteiger partial charge in [-0.15, -0.1) is 0 Å². The second-order valence-corrected chi connectivity index (χ2v) is 5.11. The number of hydrogen-bond donors (Lipinski definition) is 1. The van der Waals surface area contributed by atoms with Crippen molar-refractivity contribution in [3.63, 3.8) is 0 Å². The van der Waals surface area contributed by atoms with Gasteiger partial charge in [-0.3, -0.25) is 0 Å². The molecule has 20 heavy (non-hydrogen) atoms. The van der Waals surface area contributed by atoms with Crippen molar-refractivity contribution in [1.29, 1.82) is 0 Å². The van der Waals surface area contributed by atoms with E-state index in [-0.39, 0.29) is 4.99 Å². The summed E-state index contributed by atoms with van der Waals surface area (Å²) in [6.45, 7) is 1.96. The first-order valence-electron chi connectivity index (χ1n) is 5.93. The van der Waals surface area contributed by atoms with Crippen LogP contribution in [0.1, 0.15) is 11.1 Å². The molecule has 0 aliphatic carbocycles. The molecule has 2 aromatic rings. The predicted molar refractivity (Wildman–Crippen MR) is 85.1 cm³/mol. The second-order valence-electron chi connectivity index (χ2n) is 4.26. The number of nitrogens with two attached hydrogens (primary N) is 1. The van der Waals surface area contributed by atoms with Gasteiger partial charge >= 0.3 is 0 Å². The number of halogens is 1. The molecule has 3 nitrogen and oxygen atoms in total. The van der Waals surface area contributed by atoms with Gasteiger partial charge in [-0.2, -0.15) is 0 Å². The number of hydrogen-bond acceptors (Lipinski definition) is 3. The van der Waals surface area contributed by atoms with Crippen LogP contribution in [0.4, 0.5) is 0 Å². The lowest BCUT2D eigenvalue weighted by atomic mass is 10.2. The van der Waals surface area contributed by atoms with E-state index in [1.165, 1.54) is 0 Å². The van der Waals surface area contributed by atoms with Gasteiger partial charge in [-0.1, -0.05) is 29.9 Å². The van der Waals surface area contributed by atoms with Crippen LogP contribution in [0.25, 0.3) is 0 Å². The van der Waals surface area contributed by atoms with Crippen molar-refractivity contribution in [2.45, 2.75) is 6.92 Å². The molecule has 0 amide bonds. The molecule has 0 spiro atoms. The van der Waals surface area contributed by atoms with E-state index in [1.54, 1.807) is 31.4 Å². The minimum Gasteiger partial charge on any atom is -0.497 e. The van der Waals surface area contributed by atoms with Crippen LogP contribution in [0, 0.1) is 6.92 Å². The molecule has 2 rings (SSSR count). The summed E-state index contributed by atoms with van der Waals surface area (Å²) in [5.41, 5.74) is 7.39. The fraction of sp³-hybridized carbons (Fsp3) is 0.133. The smallest absolute Gasteiger partial charge is 0.146 e. The van der Waals surface area contributed by atoms with Crippen molar-refractivity contribution in [3.05, 3.63) is 52.5 Å². The number of rotatable bonds is 4. The van der Waals surface area contributed by atoms with Crippen LogP contribution < -0.4 is 15.2 Å². The van der Waals surface area contributed by atoms with Crippen molar-refractivity contribution in [2.24, 2.45) is 5.73 Å². The minimum atomic E-state index is 0.256. The van der Waals surface area contributed by atoms with Gasteiger partial charge in [0, 0.05) is 6.07 Å². The van der Waals surface area contributed by atoms with E-state index in [9.17, 15) is 0 Å². The quantitative estimate of drug-likeness (QED) is 0.864. The zero-order chi connectivity index (χ0) is 14.7. The summed E-state index contributed by atoms with van der Waals surface area (Å²) >= 11 is 11.2. The molecular formula is C15H14ClNO2S. The minimum absolute atomic E-state index is 0.256. The Labute approximate surface area is 128 Å². The molecule has 0 atom stereocenters. The number of ether oxygens (including phenoxy) is 2. The van der Waals surface area contributed by atoms with Crippen molar-refractivity contribution in [3.8, 4) is 17.2 Å². The van der Waals surface area contributed by atoms with Crippen LogP contribution in [0.15, 0.2) is 36.4 Å². The van der Waals surface area contributed by atoms with E-state index < -0.39 is 0 Å². The highest BCUT2D eigenvalue weighted by Crippen LogP contribution is 2.34. The number of methoxy groups -OCH3 is 1. The van der Waals surface area contributed by atoms with Gasteiger partial charge in [-0.25, -0.2) is 0 Å². The average molecular weight is 308 g/mol. The lowest BCUT2D eigenvalue weighted by Gasteiger charge is -2.13. The molecule has 0 aromatic heterocycles. The van der Waals surface area contributed by atoms with Crippen LogP contribution in [-0.2, 0) is 0 Å². The first-order valence-corrected chi connectivity index (χ1v) is 6.71. The highest BCUT2D eigenvalue weighted by Gasteiger charge is 2.11. The molecule has 0 bridgehead atoms. The Morgan fingerprint density at radius 3 is 2.55 bits per heavy atom. The van der Waals surface area contributed by atoms with E-state index in [0.29, 0.717) is 27.8 Å². The van der Waals surface area contributed by atoms with Gasteiger partial charge in [0.25, 0.3) is 0 Å². The van der Waals surface area contributed by atoms with Crippen LogP contribution in [-0.4, -0.2) is 12.1 Å². The third kappa shape index (κ3) is 3.21. The van der Waals surface area contributed by atoms with E-state index in [4.69, 9.17) is 39.0 Å². The van der Waals surface area contributed by atoms with Crippen LogP contribution in [0.2, 0.25) is 5.02 Å².